The Bertz CT molecular complexity index is 478. The molecule has 2 N–H and O–H groups in total. The minimum atomic E-state index is -0.944. The third-order valence-corrected chi connectivity index (χ3v) is 3.67. The lowest BCUT2D eigenvalue weighted by Gasteiger charge is -2.26. The second-order valence-corrected chi connectivity index (χ2v) is 5.21. The summed E-state index contributed by atoms with van der Waals surface area (Å²) in [7, 11) is 0. The molecule has 1 aromatic heterocycles. The van der Waals surface area contributed by atoms with E-state index in [-0.39, 0.29) is 12.6 Å². The first-order valence-corrected chi connectivity index (χ1v) is 7.09. The first kappa shape index (κ1) is 16.9. The van der Waals surface area contributed by atoms with Gasteiger partial charge in [0.25, 0.3) is 0 Å². The molecule has 1 atom stereocenters. The van der Waals surface area contributed by atoms with Crippen LogP contribution >= 0.6 is 0 Å². The van der Waals surface area contributed by atoms with Crippen LogP contribution in [0.25, 0.3) is 0 Å². The molecule has 0 aromatic carbocycles. The number of carbonyl (C=O) groups is 2. The lowest BCUT2D eigenvalue weighted by atomic mass is 9.88. The molecule has 6 heteroatoms. The second-order valence-electron chi connectivity index (χ2n) is 5.21. The number of aliphatic carboxylic acids is 1. The Morgan fingerprint density at radius 2 is 2.10 bits per heavy atom. The smallest absolute Gasteiger partial charge is 0.317 e. The van der Waals surface area contributed by atoms with Crippen molar-refractivity contribution in [1.29, 1.82) is 0 Å². The van der Waals surface area contributed by atoms with E-state index in [9.17, 15) is 14.7 Å². The average molecular weight is 293 g/mol. The van der Waals surface area contributed by atoms with E-state index in [2.05, 4.69) is 10.3 Å². The van der Waals surface area contributed by atoms with Crippen molar-refractivity contribution in [3.63, 3.8) is 0 Å². The fourth-order valence-corrected chi connectivity index (χ4v) is 1.75. The summed E-state index contributed by atoms with van der Waals surface area (Å²) in [6.45, 7) is 6.34. The zero-order chi connectivity index (χ0) is 15.9. The van der Waals surface area contributed by atoms with E-state index in [0.29, 0.717) is 19.5 Å². The topological polar surface area (TPSA) is 82.5 Å². The van der Waals surface area contributed by atoms with Crippen LogP contribution in [0.5, 0.6) is 0 Å². The van der Waals surface area contributed by atoms with Crippen LogP contribution in [0.4, 0.5) is 4.79 Å². The third kappa shape index (κ3) is 4.73. The molecule has 116 valence electrons. The molecule has 0 saturated heterocycles. The quantitative estimate of drug-likeness (QED) is 0.806. The minimum Gasteiger partial charge on any atom is -0.481 e. The van der Waals surface area contributed by atoms with Crippen molar-refractivity contribution in [2.75, 3.05) is 13.1 Å². The van der Waals surface area contributed by atoms with Crippen LogP contribution in [0.15, 0.2) is 24.4 Å². The summed E-state index contributed by atoms with van der Waals surface area (Å²) < 4.78 is 0. The SMILES string of the molecule is CCN(Cc1ccccn1)C(=O)NCC(C)(CC)C(=O)O. The molecule has 0 saturated carbocycles. The van der Waals surface area contributed by atoms with Gasteiger partial charge in [0, 0.05) is 19.3 Å². The highest BCUT2D eigenvalue weighted by atomic mass is 16.4. The Kier molecular flexibility index (Phi) is 6.14. The molecule has 1 rings (SSSR count). The molecule has 0 radical (unpaired) electrons. The fourth-order valence-electron chi connectivity index (χ4n) is 1.75. The van der Waals surface area contributed by atoms with Gasteiger partial charge in [-0.2, -0.15) is 0 Å². The largest absolute Gasteiger partial charge is 0.481 e. The van der Waals surface area contributed by atoms with Crippen molar-refractivity contribution in [2.24, 2.45) is 5.41 Å². The van der Waals surface area contributed by atoms with Gasteiger partial charge in [-0.3, -0.25) is 9.78 Å². The van der Waals surface area contributed by atoms with Crippen molar-refractivity contribution < 1.29 is 14.7 Å². The number of rotatable bonds is 7. The van der Waals surface area contributed by atoms with E-state index in [1.807, 2.05) is 25.1 Å². The number of hydrogen-bond donors (Lipinski definition) is 2. The van der Waals surface area contributed by atoms with Crippen LogP contribution in [0.1, 0.15) is 32.9 Å². The molecule has 21 heavy (non-hydrogen) atoms. The number of pyridine rings is 1. The van der Waals surface area contributed by atoms with Gasteiger partial charge < -0.3 is 15.3 Å². The fraction of sp³-hybridized carbons (Fsp3) is 0.533. The van der Waals surface area contributed by atoms with E-state index in [0.717, 1.165) is 5.69 Å². The molecule has 0 aliphatic carbocycles. The van der Waals surface area contributed by atoms with Gasteiger partial charge in [0.15, 0.2) is 0 Å². The molecule has 0 aliphatic rings. The molecule has 2 amide bonds. The second kappa shape index (κ2) is 7.61. The van der Waals surface area contributed by atoms with Crippen LogP contribution in [0, 0.1) is 5.41 Å². The maximum absolute atomic E-state index is 12.2. The van der Waals surface area contributed by atoms with Crippen molar-refractivity contribution in [1.82, 2.24) is 15.2 Å². The zero-order valence-electron chi connectivity index (χ0n) is 12.8. The van der Waals surface area contributed by atoms with Crippen LogP contribution < -0.4 is 5.32 Å². The Morgan fingerprint density at radius 3 is 2.57 bits per heavy atom. The van der Waals surface area contributed by atoms with Crippen molar-refractivity contribution in [2.45, 2.75) is 33.7 Å². The molecule has 1 aromatic rings. The van der Waals surface area contributed by atoms with Crippen LogP contribution in [-0.4, -0.2) is 40.1 Å². The van der Waals surface area contributed by atoms with Crippen molar-refractivity contribution >= 4 is 12.0 Å². The lowest BCUT2D eigenvalue weighted by molar-refractivity contribution is -0.147. The van der Waals surface area contributed by atoms with E-state index >= 15 is 0 Å². The van der Waals surface area contributed by atoms with Gasteiger partial charge in [-0.1, -0.05) is 13.0 Å². The predicted molar refractivity (Wildman–Crippen MR) is 79.8 cm³/mol. The lowest BCUT2D eigenvalue weighted by Crippen LogP contribution is -2.46. The number of nitrogens with one attached hydrogen (secondary N) is 1. The number of urea groups is 1. The number of hydrogen-bond acceptors (Lipinski definition) is 3. The van der Waals surface area contributed by atoms with Crippen LogP contribution in [-0.2, 0) is 11.3 Å². The summed E-state index contributed by atoms with van der Waals surface area (Å²) in [4.78, 5) is 29.2. The summed E-state index contributed by atoms with van der Waals surface area (Å²) in [5.41, 5.74) is -0.147. The monoisotopic (exact) mass is 293 g/mol. The molecule has 0 fully saturated rings. The van der Waals surface area contributed by atoms with Gasteiger partial charge in [-0.05, 0) is 32.4 Å². The summed E-state index contributed by atoms with van der Waals surface area (Å²) in [6.07, 6.45) is 2.13. The highest BCUT2D eigenvalue weighted by molar-refractivity contribution is 5.77. The van der Waals surface area contributed by atoms with Crippen molar-refractivity contribution in [3.05, 3.63) is 30.1 Å². The molecule has 0 aliphatic heterocycles. The van der Waals surface area contributed by atoms with Gasteiger partial charge in [0.05, 0.1) is 17.7 Å². The minimum absolute atomic E-state index is 0.108. The molecular weight excluding hydrogens is 270 g/mol. The zero-order valence-corrected chi connectivity index (χ0v) is 12.8. The first-order valence-electron chi connectivity index (χ1n) is 7.09. The van der Waals surface area contributed by atoms with Gasteiger partial charge in [0.2, 0.25) is 0 Å². The summed E-state index contributed by atoms with van der Waals surface area (Å²) in [6, 6.07) is 5.26. The van der Waals surface area contributed by atoms with Gasteiger partial charge in [-0.25, -0.2) is 4.79 Å². The van der Waals surface area contributed by atoms with Gasteiger partial charge in [-0.15, -0.1) is 0 Å². The Labute approximate surface area is 125 Å². The molecule has 1 heterocycles. The van der Waals surface area contributed by atoms with Crippen molar-refractivity contribution in [3.8, 4) is 0 Å². The standard InChI is InChI=1S/C15H23N3O3/c1-4-15(3,13(19)20)11-17-14(21)18(5-2)10-12-8-6-7-9-16-12/h6-9H,4-5,10-11H2,1-3H3,(H,17,21)(H,19,20). The maximum Gasteiger partial charge on any atom is 0.317 e. The number of carboxylic acid groups (broad SMARTS) is 1. The highest BCUT2D eigenvalue weighted by Crippen LogP contribution is 2.20. The molecule has 0 bridgehead atoms. The van der Waals surface area contributed by atoms with Crippen LogP contribution in [0.2, 0.25) is 0 Å². The van der Waals surface area contributed by atoms with E-state index < -0.39 is 11.4 Å². The first-order chi connectivity index (χ1) is 9.92. The Balaban J connectivity index is 2.62. The molecule has 0 spiro atoms. The van der Waals surface area contributed by atoms with Gasteiger partial charge in [0.1, 0.15) is 0 Å². The van der Waals surface area contributed by atoms with E-state index in [1.54, 1.807) is 24.9 Å². The highest BCUT2D eigenvalue weighted by Gasteiger charge is 2.31. The number of carboxylic acids is 1. The summed E-state index contributed by atoms with van der Waals surface area (Å²) in [5, 5.41) is 11.9. The summed E-state index contributed by atoms with van der Waals surface area (Å²) >= 11 is 0. The van der Waals surface area contributed by atoms with E-state index in [1.165, 1.54) is 0 Å². The average Bonchev–Trinajstić information content (AvgIpc) is 2.50. The predicted octanol–water partition coefficient (Wildman–Crippen LogP) is 2.11. The molecule has 6 nitrogen and oxygen atoms in total. The normalized spacial score (nSPS) is 13.3. The molecule has 1 unspecified atom stereocenters. The van der Waals surface area contributed by atoms with Gasteiger partial charge >= 0.3 is 12.0 Å². The number of carbonyl (C=O) groups excluding carboxylic acids is 1. The number of nitrogens with zero attached hydrogens (tertiary/aromatic N) is 2. The maximum atomic E-state index is 12.2. The van der Waals surface area contributed by atoms with E-state index in [4.69, 9.17) is 0 Å². The third-order valence-electron chi connectivity index (χ3n) is 3.67. The Hall–Kier alpha value is -2.11. The number of amides is 2. The number of aromatic nitrogens is 1. The molecular formula is C15H23N3O3. The summed E-state index contributed by atoms with van der Waals surface area (Å²) in [5.74, 6) is -0.905. The Morgan fingerprint density at radius 1 is 1.38 bits per heavy atom. The van der Waals surface area contributed by atoms with Crippen LogP contribution in [0.3, 0.4) is 0 Å².